The molecule has 0 aliphatic carbocycles. The number of aryl methyl sites for hydroxylation is 2. The molecule has 0 spiro atoms. The van der Waals surface area contributed by atoms with E-state index in [2.05, 4.69) is 10.5 Å². The molecule has 1 amide bonds. The first-order valence-electron chi connectivity index (χ1n) is 6.65. The second-order valence-electron chi connectivity index (χ2n) is 4.94. The number of nitrogens with one attached hydrogen (secondary N) is 1. The molecule has 0 saturated heterocycles. The standard InChI is InChI=1S/C17H17ClN2O/c1-11-4-5-15(10-12(11)2)17(21)20-19-13(3)14-6-8-16(18)9-7-14/h4-10H,1-3H3,(H,20,21)/b19-13+. The van der Waals surface area contributed by atoms with Crippen LogP contribution in [0.1, 0.15) is 34.0 Å². The van der Waals surface area contributed by atoms with E-state index in [-0.39, 0.29) is 5.91 Å². The number of nitrogens with zero attached hydrogens (tertiary/aromatic N) is 1. The molecule has 21 heavy (non-hydrogen) atoms. The molecule has 4 heteroatoms. The van der Waals surface area contributed by atoms with Gasteiger partial charge in [0.1, 0.15) is 0 Å². The summed E-state index contributed by atoms with van der Waals surface area (Å²) in [5.41, 5.74) is 7.06. The molecular formula is C17H17ClN2O. The van der Waals surface area contributed by atoms with Crippen molar-refractivity contribution in [2.45, 2.75) is 20.8 Å². The average molecular weight is 301 g/mol. The van der Waals surface area contributed by atoms with Crippen molar-refractivity contribution < 1.29 is 4.79 Å². The SMILES string of the molecule is C/C(=N\NC(=O)c1ccc(C)c(C)c1)c1ccc(Cl)cc1. The van der Waals surface area contributed by atoms with Gasteiger partial charge in [0, 0.05) is 10.6 Å². The monoisotopic (exact) mass is 300 g/mol. The summed E-state index contributed by atoms with van der Waals surface area (Å²) >= 11 is 5.84. The minimum Gasteiger partial charge on any atom is -0.267 e. The van der Waals surface area contributed by atoms with Crippen LogP contribution in [0.25, 0.3) is 0 Å². The van der Waals surface area contributed by atoms with Crippen molar-refractivity contribution in [2.75, 3.05) is 0 Å². The topological polar surface area (TPSA) is 41.5 Å². The highest BCUT2D eigenvalue weighted by molar-refractivity contribution is 6.30. The third kappa shape index (κ3) is 3.92. The fourth-order valence-corrected chi connectivity index (χ4v) is 1.96. The maximum Gasteiger partial charge on any atom is 0.271 e. The Bertz CT molecular complexity index is 690. The van der Waals surface area contributed by atoms with Crippen LogP contribution in [-0.2, 0) is 0 Å². The fraction of sp³-hybridized carbons (Fsp3) is 0.176. The van der Waals surface area contributed by atoms with Gasteiger partial charge in [-0.1, -0.05) is 29.8 Å². The molecule has 3 nitrogen and oxygen atoms in total. The zero-order chi connectivity index (χ0) is 15.4. The van der Waals surface area contributed by atoms with Crippen molar-refractivity contribution in [1.82, 2.24) is 5.43 Å². The van der Waals surface area contributed by atoms with Gasteiger partial charge in [-0.15, -0.1) is 0 Å². The summed E-state index contributed by atoms with van der Waals surface area (Å²) in [6.45, 7) is 5.83. The second kappa shape index (κ2) is 6.55. The van der Waals surface area contributed by atoms with E-state index in [1.807, 2.05) is 45.0 Å². The lowest BCUT2D eigenvalue weighted by molar-refractivity contribution is 0.0954. The first-order valence-corrected chi connectivity index (χ1v) is 7.03. The molecule has 2 rings (SSSR count). The molecular weight excluding hydrogens is 284 g/mol. The lowest BCUT2D eigenvalue weighted by Crippen LogP contribution is -2.19. The molecule has 0 bridgehead atoms. The average Bonchev–Trinajstić information content (AvgIpc) is 2.48. The van der Waals surface area contributed by atoms with Crippen LogP contribution in [0.15, 0.2) is 47.6 Å². The van der Waals surface area contributed by atoms with E-state index in [9.17, 15) is 4.79 Å². The third-order valence-corrected chi connectivity index (χ3v) is 3.61. The maximum atomic E-state index is 12.1. The number of benzene rings is 2. The lowest BCUT2D eigenvalue weighted by atomic mass is 10.1. The molecule has 0 aliphatic rings. The minimum absolute atomic E-state index is 0.216. The first-order chi connectivity index (χ1) is 9.97. The normalized spacial score (nSPS) is 11.3. The third-order valence-electron chi connectivity index (χ3n) is 3.36. The molecule has 0 fully saturated rings. The van der Waals surface area contributed by atoms with Crippen LogP contribution in [0, 0.1) is 13.8 Å². The van der Waals surface area contributed by atoms with Gasteiger partial charge in [0.2, 0.25) is 0 Å². The number of hydrazone groups is 1. The molecule has 0 atom stereocenters. The highest BCUT2D eigenvalue weighted by Gasteiger charge is 2.06. The molecule has 0 saturated carbocycles. The number of carbonyl (C=O) groups excluding carboxylic acids is 1. The number of hydrogen-bond donors (Lipinski definition) is 1. The molecule has 0 radical (unpaired) electrons. The quantitative estimate of drug-likeness (QED) is 0.672. The van der Waals surface area contributed by atoms with Crippen LogP contribution in [0.2, 0.25) is 5.02 Å². The maximum absolute atomic E-state index is 12.1. The van der Waals surface area contributed by atoms with Gasteiger partial charge in [-0.2, -0.15) is 5.10 Å². The van der Waals surface area contributed by atoms with Crippen LogP contribution in [0.5, 0.6) is 0 Å². The minimum atomic E-state index is -0.216. The number of hydrogen-bond acceptors (Lipinski definition) is 2. The predicted octanol–water partition coefficient (Wildman–Crippen LogP) is 4.11. The highest BCUT2D eigenvalue weighted by Crippen LogP contribution is 2.11. The number of rotatable bonds is 3. The Morgan fingerprint density at radius 1 is 1.00 bits per heavy atom. The summed E-state index contributed by atoms with van der Waals surface area (Å²) in [6, 6.07) is 12.9. The van der Waals surface area contributed by atoms with E-state index in [1.165, 1.54) is 0 Å². The number of halogens is 1. The van der Waals surface area contributed by atoms with E-state index >= 15 is 0 Å². The van der Waals surface area contributed by atoms with Gasteiger partial charge in [0.25, 0.3) is 5.91 Å². The summed E-state index contributed by atoms with van der Waals surface area (Å²) in [5, 5.41) is 4.80. The summed E-state index contributed by atoms with van der Waals surface area (Å²) < 4.78 is 0. The van der Waals surface area contributed by atoms with Crippen molar-refractivity contribution in [3.8, 4) is 0 Å². The molecule has 0 heterocycles. The van der Waals surface area contributed by atoms with E-state index in [0.717, 1.165) is 22.4 Å². The van der Waals surface area contributed by atoms with Crippen molar-refractivity contribution in [3.63, 3.8) is 0 Å². The Balaban J connectivity index is 2.10. The van der Waals surface area contributed by atoms with Crippen LogP contribution in [0.4, 0.5) is 0 Å². The largest absolute Gasteiger partial charge is 0.271 e. The first kappa shape index (κ1) is 15.3. The number of amides is 1. The van der Waals surface area contributed by atoms with Gasteiger partial charge in [-0.3, -0.25) is 4.79 Å². The van der Waals surface area contributed by atoms with Crippen LogP contribution >= 0.6 is 11.6 Å². The van der Waals surface area contributed by atoms with Crippen LogP contribution in [-0.4, -0.2) is 11.6 Å². The van der Waals surface area contributed by atoms with Crippen molar-refractivity contribution >= 4 is 23.2 Å². The Labute approximate surface area is 129 Å². The summed E-state index contributed by atoms with van der Waals surface area (Å²) in [5.74, 6) is -0.216. The second-order valence-corrected chi connectivity index (χ2v) is 5.38. The summed E-state index contributed by atoms with van der Waals surface area (Å²) in [7, 11) is 0. The van der Waals surface area contributed by atoms with Gasteiger partial charge in [-0.05, 0) is 61.7 Å². The Kier molecular flexibility index (Phi) is 4.76. The van der Waals surface area contributed by atoms with E-state index < -0.39 is 0 Å². The Morgan fingerprint density at radius 2 is 1.62 bits per heavy atom. The van der Waals surface area contributed by atoms with Crippen molar-refractivity contribution in [3.05, 3.63) is 69.7 Å². The van der Waals surface area contributed by atoms with Crippen molar-refractivity contribution in [1.29, 1.82) is 0 Å². The van der Waals surface area contributed by atoms with Gasteiger partial charge < -0.3 is 0 Å². The lowest BCUT2D eigenvalue weighted by Gasteiger charge is -2.05. The molecule has 2 aromatic rings. The zero-order valence-corrected chi connectivity index (χ0v) is 13.0. The van der Waals surface area contributed by atoms with Crippen LogP contribution < -0.4 is 5.43 Å². The van der Waals surface area contributed by atoms with E-state index in [4.69, 9.17) is 11.6 Å². The summed E-state index contributed by atoms with van der Waals surface area (Å²) in [4.78, 5) is 12.1. The van der Waals surface area contributed by atoms with Gasteiger partial charge in [0.05, 0.1) is 5.71 Å². The van der Waals surface area contributed by atoms with Gasteiger partial charge in [0.15, 0.2) is 0 Å². The van der Waals surface area contributed by atoms with Gasteiger partial charge >= 0.3 is 0 Å². The number of carbonyl (C=O) groups is 1. The smallest absolute Gasteiger partial charge is 0.267 e. The Hall–Kier alpha value is -2.13. The zero-order valence-electron chi connectivity index (χ0n) is 12.3. The summed E-state index contributed by atoms with van der Waals surface area (Å²) in [6.07, 6.45) is 0. The molecule has 1 N–H and O–H groups in total. The van der Waals surface area contributed by atoms with E-state index in [1.54, 1.807) is 18.2 Å². The molecule has 0 unspecified atom stereocenters. The predicted molar refractivity (Wildman–Crippen MR) is 87.0 cm³/mol. The molecule has 0 aromatic heterocycles. The van der Waals surface area contributed by atoms with Gasteiger partial charge in [-0.25, -0.2) is 5.43 Å². The molecule has 0 aliphatic heterocycles. The van der Waals surface area contributed by atoms with Crippen molar-refractivity contribution in [2.24, 2.45) is 5.10 Å². The Morgan fingerprint density at radius 3 is 2.24 bits per heavy atom. The highest BCUT2D eigenvalue weighted by atomic mass is 35.5. The fourth-order valence-electron chi connectivity index (χ4n) is 1.84. The molecule has 108 valence electrons. The molecule has 2 aromatic carbocycles. The van der Waals surface area contributed by atoms with E-state index in [0.29, 0.717) is 10.6 Å². The van der Waals surface area contributed by atoms with Crippen LogP contribution in [0.3, 0.4) is 0 Å².